The van der Waals surface area contributed by atoms with E-state index in [0.29, 0.717) is 29.6 Å². The maximum Gasteiger partial charge on any atom is 0.412 e. The molecule has 6 rings (SSSR count). The summed E-state index contributed by atoms with van der Waals surface area (Å²) in [5.74, 6) is 0.740. The summed E-state index contributed by atoms with van der Waals surface area (Å²) in [5, 5.41) is 35.2. The molecule has 4 aromatic carbocycles. The van der Waals surface area contributed by atoms with Gasteiger partial charge in [-0.25, -0.2) is 4.79 Å². The molecule has 1 heterocycles. The molecule has 1 fully saturated rings. The van der Waals surface area contributed by atoms with Gasteiger partial charge in [-0.2, -0.15) is 0 Å². The van der Waals surface area contributed by atoms with Gasteiger partial charge in [0.25, 0.3) is 0 Å². The second-order valence-electron chi connectivity index (χ2n) is 13.3. The number of aromatic amines is 1. The fourth-order valence-electron chi connectivity index (χ4n) is 6.95. The molecule has 10 heteroatoms. The lowest BCUT2D eigenvalue weighted by Crippen LogP contribution is -2.44. The molecule has 1 unspecified atom stereocenters. The van der Waals surface area contributed by atoms with Crippen molar-refractivity contribution in [2.45, 2.75) is 69.7 Å². The fourth-order valence-corrected chi connectivity index (χ4v) is 6.95. The van der Waals surface area contributed by atoms with Gasteiger partial charge in [0.2, 0.25) is 5.56 Å². The second-order valence-corrected chi connectivity index (χ2v) is 13.3. The summed E-state index contributed by atoms with van der Waals surface area (Å²) in [5.41, 5.74) is 11.5. The molecule has 51 heavy (non-hydrogen) atoms. The van der Waals surface area contributed by atoms with Crippen molar-refractivity contribution in [1.82, 2.24) is 10.3 Å². The Kier molecular flexibility index (Phi) is 11.7. The van der Waals surface area contributed by atoms with Crippen molar-refractivity contribution in [3.63, 3.8) is 0 Å². The molecule has 0 saturated heterocycles. The minimum atomic E-state index is -0.931. The molecule has 266 valence electrons. The quantitative estimate of drug-likeness (QED) is 0.0688. The Balaban J connectivity index is 0.994. The van der Waals surface area contributed by atoms with E-state index < -0.39 is 12.2 Å². The Morgan fingerprint density at radius 1 is 0.922 bits per heavy atom. The van der Waals surface area contributed by atoms with E-state index in [1.165, 1.54) is 12.1 Å². The minimum absolute atomic E-state index is 0.0398. The number of aromatic hydroxyl groups is 1. The monoisotopic (exact) mass is 690 g/mol. The maximum atomic E-state index is 12.7. The van der Waals surface area contributed by atoms with Gasteiger partial charge in [-0.05, 0) is 97.5 Å². The number of nitrogens with two attached hydrogens (primary N) is 1. The van der Waals surface area contributed by atoms with E-state index in [1.807, 2.05) is 60.7 Å². The first kappa shape index (κ1) is 35.7. The number of H-pyrrole nitrogens is 1. The van der Waals surface area contributed by atoms with E-state index in [0.717, 1.165) is 78.6 Å². The van der Waals surface area contributed by atoms with E-state index in [9.17, 15) is 24.9 Å². The van der Waals surface area contributed by atoms with Crippen molar-refractivity contribution in [2.75, 3.05) is 18.1 Å². The molecule has 7 N–H and O–H groups in total. The molecule has 0 radical (unpaired) electrons. The SMILES string of the molecule is N[C@H]1CC[C@H](N(C(=O)O)c2cc(CCCCOc3ccc(CNCC(O)c4ccc(O)c5[nH]c(=O)ccc45)cc3)ccc2-c2ccccc2)CC1. The highest BCUT2D eigenvalue weighted by Gasteiger charge is 2.30. The summed E-state index contributed by atoms with van der Waals surface area (Å²) in [6.45, 7) is 1.40. The van der Waals surface area contributed by atoms with E-state index in [-0.39, 0.29) is 29.9 Å². The maximum absolute atomic E-state index is 12.7. The third-order valence-electron chi connectivity index (χ3n) is 9.70. The van der Waals surface area contributed by atoms with Crippen LogP contribution in [0.5, 0.6) is 11.5 Å². The highest BCUT2D eigenvalue weighted by molar-refractivity contribution is 5.94. The number of benzene rings is 4. The number of carbonyl (C=O) groups is 1. The van der Waals surface area contributed by atoms with Crippen LogP contribution in [0.25, 0.3) is 22.0 Å². The Morgan fingerprint density at radius 2 is 1.67 bits per heavy atom. The average molecular weight is 691 g/mol. The highest BCUT2D eigenvalue weighted by Crippen LogP contribution is 2.36. The van der Waals surface area contributed by atoms with Crippen molar-refractivity contribution in [1.29, 1.82) is 0 Å². The smallest absolute Gasteiger partial charge is 0.412 e. The molecule has 1 aromatic heterocycles. The lowest BCUT2D eigenvalue weighted by Gasteiger charge is -2.35. The lowest BCUT2D eigenvalue weighted by atomic mass is 9.89. The summed E-state index contributed by atoms with van der Waals surface area (Å²) in [7, 11) is 0. The van der Waals surface area contributed by atoms with Gasteiger partial charge in [0.15, 0.2) is 0 Å². The van der Waals surface area contributed by atoms with Gasteiger partial charge < -0.3 is 36.1 Å². The van der Waals surface area contributed by atoms with Crippen molar-refractivity contribution in [3.8, 4) is 22.6 Å². The minimum Gasteiger partial charge on any atom is -0.506 e. The molecule has 0 aliphatic heterocycles. The number of aryl methyl sites for hydroxylation is 1. The van der Waals surface area contributed by atoms with Crippen LogP contribution in [0.3, 0.4) is 0 Å². The van der Waals surface area contributed by atoms with Crippen molar-refractivity contribution >= 4 is 22.7 Å². The number of unbranched alkanes of at least 4 members (excludes halogenated alkanes) is 1. The topological polar surface area (TPSA) is 161 Å². The van der Waals surface area contributed by atoms with E-state index in [4.69, 9.17) is 10.5 Å². The van der Waals surface area contributed by atoms with Crippen LogP contribution in [0.15, 0.2) is 102 Å². The predicted molar refractivity (Wildman–Crippen MR) is 200 cm³/mol. The van der Waals surface area contributed by atoms with Crippen molar-refractivity contribution < 1.29 is 24.9 Å². The van der Waals surface area contributed by atoms with Crippen LogP contribution in [0, 0.1) is 0 Å². The van der Waals surface area contributed by atoms with E-state index >= 15 is 0 Å². The molecule has 1 saturated carbocycles. The number of nitrogens with zero attached hydrogens (tertiary/aromatic N) is 1. The molecule has 1 aliphatic rings. The third kappa shape index (κ3) is 8.96. The van der Waals surface area contributed by atoms with E-state index in [1.54, 1.807) is 17.0 Å². The zero-order valence-corrected chi connectivity index (χ0v) is 28.6. The number of pyridine rings is 1. The number of fused-ring (bicyclic) bond motifs is 1. The molecule has 1 atom stereocenters. The van der Waals surface area contributed by atoms with Crippen LogP contribution in [0.1, 0.15) is 61.3 Å². The highest BCUT2D eigenvalue weighted by atomic mass is 16.5. The number of nitrogens with one attached hydrogen (secondary N) is 2. The molecule has 5 aromatic rings. The normalized spacial score (nSPS) is 16.5. The van der Waals surface area contributed by atoms with Gasteiger partial charge in [-0.3, -0.25) is 9.69 Å². The number of ether oxygens (including phenoxy) is 1. The van der Waals surface area contributed by atoms with Crippen LogP contribution in [-0.4, -0.2) is 51.6 Å². The van der Waals surface area contributed by atoms with Gasteiger partial charge in [0.1, 0.15) is 11.5 Å². The van der Waals surface area contributed by atoms with Crippen LogP contribution >= 0.6 is 0 Å². The second kappa shape index (κ2) is 16.7. The Hall–Kier alpha value is -5.16. The Morgan fingerprint density at radius 3 is 2.41 bits per heavy atom. The number of phenolic OH excluding ortho intramolecular Hbond substituents is 1. The Labute approximate surface area is 297 Å². The molecular formula is C41H46N4O6. The molecule has 1 aliphatic carbocycles. The summed E-state index contributed by atoms with van der Waals surface area (Å²) in [6, 6.07) is 30.2. The standard InChI is InChI=1S/C41H46N4O6/c42-30-12-14-31(15-13-30)45(41(49)50)36-24-27(11-18-33(36)29-7-2-1-3-8-29)6-4-5-23-51-32-16-9-28(10-17-32)25-43-26-38(47)34-19-21-37(46)40-35(34)20-22-39(48)44-40/h1-3,7-11,16-22,24,30-31,38,43,46-47H,4-6,12-15,23,25-26,42H2,(H,44,48)(H,49,50)/t30-,31-,38?. The van der Waals surface area contributed by atoms with Crippen LogP contribution in [-0.2, 0) is 13.0 Å². The zero-order chi connectivity index (χ0) is 35.7. The van der Waals surface area contributed by atoms with Gasteiger partial charge in [0, 0.05) is 42.2 Å². The van der Waals surface area contributed by atoms with Gasteiger partial charge in [-0.15, -0.1) is 0 Å². The summed E-state index contributed by atoms with van der Waals surface area (Å²) >= 11 is 0. The summed E-state index contributed by atoms with van der Waals surface area (Å²) in [6.07, 6.45) is 3.95. The first-order valence-electron chi connectivity index (χ1n) is 17.7. The number of hydrogen-bond donors (Lipinski definition) is 6. The van der Waals surface area contributed by atoms with Crippen LogP contribution < -0.4 is 26.2 Å². The van der Waals surface area contributed by atoms with Crippen LogP contribution in [0.2, 0.25) is 0 Å². The predicted octanol–water partition coefficient (Wildman–Crippen LogP) is 6.88. The molecular weight excluding hydrogens is 644 g/mol. The fraction of sp³-hybridized carbons (Fsp3) is 0.317. The Bertz CT molecular complexity index is 1970. The van der Waals surface area contributed by atoms with E-state index in [2.05, 4.69) is 22.4 Å². The number of aliphatic hydroxyl groups is 1. The van der Waals surface area contributed by atoms with Crippen molar-refractivity contribution in [3.05, 3.63) is 124 Å². The van der Waals surface area contributed by atoms with Gasteiger partial charge in [0.05, 0.1) is 23.9 Å². The summed E-state index contributed by atoms with van der Waals surface area (Å²) < 4.78 is 6.01. The molecule has 0 spiro atoms. The number of rotatable bonds is 14. The number of hydrogen-bond acceptors (Lipinski definition) is 7. The largest absolute Gasteiger partial charge is 0.506 e. The van der Waals surface area contributed by atoms with Gasteiger partial charge in [-0.1, -0.05) is 60.7 Å². The number of aliphatic hydroxyl groups excluding tert-OH is 1. The number of carboxylic acid groups (broad SMARTS) is 1. The van der Waals surface area contributed by atoms with Crippen LogP contribution in [0.4, 0.5) is 10.5 Å². The first-order valence-corrected chi connectivity index (χ1v) is 17.7. The number of amides is 1. The molecule has 0 bridgehead atoms. The number of anilines is 1. The number of phenols is 1. The van der Waals surface area contributed by atoms with Crippen molar-refractivity contribution in [2.24, 2.45) is 5.73 Å². The lowest BCUT2D eigenvalue weighted by molar-refractivity contribution is 0.176. The van der Waals surface area contributed by atoms with Gasteiger partial charge >= 0.3 is 6.09 Å². The number of aromatic nitrogens is 1. The third-order valence-corrected chi connectivity index (χ3v) is 9.70. The average Bonchev–Trinajstić information content (AvgIpc) is 3.13. The summed E-state index contributed by atoms with van der Waals surface area (Å²) in [4.78, 5) is 28.6. The first-order chi connectivity index (χ1) is 24.8. The zero-order valence-electron chi connectivity index (χ0n) is 28.6. The molecule has 10 nitrogen and oxygen atoms in total. The molecule has 1 amide bonds.